The third kappa shape index (κ3) is 3.02. The first-order chi connectivity index (χ1) is 13.5. The molecule has 1 atom stereocenters. The highest BCUT2D eigenvalue weighted by atomic mass is 35.5. The Balaban J connectivity index is 1.95. The number of hydrogen-bond acceptors (Lipinski definition) is 5. The number of halogens is 1. The molecule has 3 aromatic rings. The van der Waals surface area contributed by atoms with Crippen LogP contribution in [0.1, 0.15) is 48.6 Å². The van der Waals surface area contributed by atoms with E-state index >= 15 is 0 Å². The predicted molar refractivity (Wildman–Crippen MR) is 105 cm³/mol. The molecule has 28 heavy (non-hydrogen) atoms. The van der Waals surface area contributed by atoms with E-state index in [0.29, 0.717) is 22.3 Å². The SMILES string of the molecule is COc1cccc(C2O[C]c3nnc(C(C)C)n3-c3ccc(Cl)cc32)c1OC. The van der Waals surface area contributed by atoms with E-state index < -0.39 is 6.10 Å². The molecule has 6 nitrogen and oxygen atoms in total. The Morgan fingerprint density at radius 1 is 1.11 bits per heavy atom. The van der Waals surface area contributed by atoms with E-state index in [2.05, 4.69) is 30.7 Å². The lowest BCUT2D eigenvalue weighted by Crippen LogP contribution is -2.09. The summed E-state index contributed by atoms with van der Waals surface area (Å²) in [6, 6.07) is 11.4. The minimum atomic E-state index is -0.500. The molecule has 1 unspecified atom stereocenters. The zero-order valence-electron chi connectivity index (χ0n) is 16.1. The second-order valence-electron chi connectivity index (χ2n) is 6.76. The van der Waals surface area contributed by atoms with Gasteiger partial charge in [0.25, 0.3) is 0 Å². The summed E-state index contributed by atoms with van der Waals surface area (Å²) in [5.41, 5.74) is 2.57. The number of rotatable bonds is 4. The number of aromatic nitrogens is 3. The minimum absolute atomic E-state index is 0.175. The summed E-state index contributed by atoms with van der Waals surface area (Å²) in [4.78, 5) is 0. The third-order valence-corrected chi connectivity index (χ3v) is 4.94. The lowest BCUT2D eigenvalue weighted by molar-refractivity contribution is 0.146. The summed E-state index contributed by atoms with van der Waals surface area (Å²) in [5.74, 6) is 2.74. The van der Waals surface area contributed by atoms with Crippen LogP contribution in [-0.4, -0.2) is 29.0 Å². The molecular weight excluding hydrogens is 378 g/mol. The second kappa shape index (κ2) is 7.45. The molecule has 0 amide bonds. The molecule has 7 heteroatoms. The van der Waals surface area contributed by atoms with Crippen molar-refractivity contribution in [3.63, 3.8) is 0 Å². The van der Waals surface area contributed by atoms with Crippen LogP contribution in [0, 0.1) is 6.61 Å². The minimum Gasteiger partial charge on any atom is -0.493 e. The van der Waals surface area contributed by atoms with Gasteiger partial charge in [-0.2, -0.15) is 0 Å². The van der Waals surface area contributed by atoms with Crippen molar-refractivity contribution in [1.29, 1.82) is 0 Å². The molecule has 1 aliphatic heterocycles. The van der Waals surface area contributed by atoms with Crippen LogP contribution in [0.25, 0.3) is 5.69 Å². The van der Waals surface area contributed by atoms with Crippen LogP contribution in [0.2, 0.25) is 5.02 Å². The summed E-state index contributed by atoms with van der Waals surface area (Å²) in [5, 5.41) is 9.17. The van der Waals surface area contributed by atoms with Gasteiger partial charge >= 0.3 is 0 Å². The zero-order valence-corrected chi connectivity index (χ0v) is 16.8. The Hall–Kier alpha value is -2.57. The molecule has 0 bridgehead atoms. The molecule has 1 aromatic heterocycles. The molecule has 0 saturated heterocycles. The van der Waals surface area contributed by atoms with Crippen LogP contribution < -0.4 is 9.47 Å². The molecule has 0 spiro atoms. The summed E-state index contributed by atoms with van der Waals surface area (Å²) in [6.45, 7) is 7.10. The number of methoxy groups -OCH3 is 2. The van der Waals surface area contributed by atoms with E-state index in [0.717, 1.165) is 22.6 Å². The highest BCUT2D eigenvalue weighted by Gasteiger charge is 2.31. The van der Waals surface area contributed by atoms with Gasteiger partial charge in [0.15, 0.2) is 17.3 Å². The number of benzene rings is 2. The van der Waals surface area contributed by atoms with Crippen molar-refractivity contribution in [2.24, 2.45) is 0 Å². The van der Waals surface area contributed by atoms with Crippen molar-refractivity contribution in [3.05, 3.63) is 70.8 Å². The molecule has 1 aliphatic rings. The Morgan fingerprint density at radius 3 is 2.64 bits per heavy atom. The number of fused-ring (bicyclic) bond motifs is 3. The smallest absolute Gasteiger partial charge is 0.208 e. The highest BCUT2D eigenvalue weighted by molar-refractivity contribution is 6.30. The molecule has 2 aromatic carbocycles. The number of para-hydroxylation sites is 1. The van der Waals surface area contributed by atoms with Gasteiger partial charge in [-0.05, 0) is 24.3 Å². The Morgan fingerprint density at radius 2 is 1.93 bits per heavy atom. The monoisotopic (exact) mass is 397 g/mol. The Labute approximate surface area is 169 Å². The van der Waals surface area contributed by atoms with Gasteiger partial charge in [0.05, 0.1) is 19.9 Å². The van der Waals surface area contributed by atoms with Crippen molar-refractivity contribution in [3.8, 4) is 17.2 Å². The fourth-order valence-corrected chi connectivity index (χ4v) is 3.62. The molecule has 0 fully saturated rings. The third-order valence-electron chi connectivity index (χ3n) is 4.70. The van der Waals surface area contributed by atoms with E-state index in [9.17, 15) is 0 Å². The van der Waals surface area contributed by atoms with Crippen molar-refractivity contribution >= 4 is 11.6 Å². The standard InChI is InChI=1S/C21H20ClN3O3/c1-12(2)21-24-23-18-11-28-19(14-6-5-7-17(26-3)20(14)27-4)15-10-13(22)8-9-16(15)25(18)21/h5-10,12,19H,1-4H3. The van der Waals surface area contributed by atoms with Gasteiger partial charge in [0, 0.05) is 22.1 Å². The maximum Gasteiger partial charge on any atom is 0.208 e. The van der Waals surface area contributed by atoms with Crippen molar-refractivity contribution in [2.75, 3.05) is 14.2 Å². The predicted octanol–water partition coefficient (Wildman–Crippen LogP) is 4.57. The first kappa shape index (κ1) is 18.8. The van der Waals surface area contributed by atoms with Crippen LogP contribution in [0.3, 0.4) is 0 Å². The number of ether oxygens (including phenoxy) is 3. The first-order valence-corrected chi connectivity index (χ1v) is 9.30. The average Bonchev–Trinajstić information content (AvgIpc) is 3.05. The van der Waals surface area contributed by atoms with Crippen LogP contribution >= 0.6 is 11.6 Å². The van der Waals surface area contributed by atoms with Crippen molar-refractivity contribution in [2.45, 2.75) is 25.9 Å². The highest BCUT2D eigenvalue weighted by Crippen LogP contribution is 2.43. The van der Waals surface area contributed by atoms with Crippen LogP contribution in [0.4, 0.5) is 0 Å². The van der Waals surface area contributed by atoms with Crippen LogP contribution in [-0.2, 0) is 4.74 Å². The Bertz CT molecular complexity index is 1020. The normalized spacial score (nSPS) is 15.7. The second-order valence-corrected chi connectivity index (χ2v) is 7.19. The molecule has 0 saturated carbocycles. The van der Waals surface area contributed by atoms with Crippen LogP contribution in [0.5, 0.6) is 11.5 Å². The fourth-order valence-electron chi connectivity index (χ4n) is 3.44. The van der Waals surface area contributed by atoms with Gasteiger partial charge in [0.2, 0.25) is 6.61 Å². The number of nitrogens with zero attached hydrogens (tertiary/aromatic N) is 3. The average molecular weight is 398 g/mol. The van der Waals surface area contributed by atoms with Gasteiger partial charge in [-0.15, -0.1) is 10.2 Å². The van der Waals surface area contributed by atoms with Gasteiger partial charge in [-0.3, -0.25) is 4.57 Å². The zero-order chi connectivity index (χ0) is 19.8. The van der Waals surface area contributed by atoms with Gasteiger partial charge in [0.1, 0.15) is 11.9 Å². The van der Waals surface area contributed by atoms with Crippen LogP contribution in [0.15, 0.2) is 36.4 Å². The summed E-state index contributed by atoms with van der Waals surface area (Å²) in [7, 11) is 3.21. The van der Waals surface area contributed by atoms with Crippen molar-refractivity contribution < 1.29 is 14.2 Å². The largest absolute Gasteiger partial charge is 0.493 e. The Kier molecular flexibility index (Phi) is 5.00. The van der Waals surface area contributed by atoms with E-state index in [4.69, 9.17) is 25.8 Å². The molecule has 4 rings (SSSR count). The maximum absolute atomic E-state index is 6.35. The topological polar surface area (TPSA) is 58.4 Å². The van der Waals surface area contributed by atoms with E-state index in [1.807, 2.05) is 41.0 Å². The lowest BCUT2D eigenvalue weighted by atomic mass is 9.98. The molecular formula is C21H20ClN3O3. The molecule has 2 heterocycles. The van der Waals surface area contributed by atoms with E-state index in [1.165, 1.54) is 0 Å². The van der Waals surface area contributed by atoms with E-state index in [-0.39, 0.29) is 5.92 Å². The van der Waals surface area contributed by atoms with E-state index in [1.54, 1.807) is 14.2 Å². The summed E-state index contributed by atoms with van der Waals surface area (Å²) < 4.78 is 19.1. The summed E-state index contributed by atoms with van der Waals surface area (Å²) in [6.07, 6.45) is -0.500. The fraction of sp³-hybridized carbons (Fsp3) is 0.286. The lowest BCUT2D eigenvalue weighted by Gasteiger charge is -2.22. The first-order valence-electron chi connectivity index (χ1n) is 8.92. The number of hydrogen-bond donors (Lipinski definition) is 0. The molecule has 2 radical (unpaired) electrons. The molecule has 144 valence electrons. The van der Waals surface area contributed by atoms with Gasteiger partial charge in [-0.1, -0.05) is 37.6 Å². The van der Waals surface area contributed by atoms with Crippen molar-refractivity contribution in [1.82, 2.24) is 14.8 Å². The quantitative estimate of drug-likeness (QED) is 0.645. The molecule has 0 aliphatic carbocycles. The maximum atomic E-state index is 6.35. The summed E-state index contributed by atoms with van der Waals surface area (Å²) >= 11 is 6.35. The van der Waals surface area contributed by atoms with Gasteiger partial charge in [-0.25, -0.2) is 0 Å². The molecule has 0 N–H and O–H groups in total. The van der Waals surface area contributed by atoms with Gasteiger partial charge < -0.3 is 14.2 Å².